The van der Waals surface area contributed by atoms with Crippen molar-refractivity contribution in [3.8, 4) is 23.1 Å². The fourth-order valence-corrected chi connectivity index (χ4v) is 4.08. The first kappa shape index (κ1) is 21.1. The van der Waals surface area contributed by atoms with Crippen LogP contribution in [0, 0.1) is 0 Å². The van der Waals surface area contributed by atoms with Crippen LogP contribution in [0.5, 0.6) is 5.75 Å². The second kappa shape index (κ2) is 9.36. The Kier molecular flexibility index (Phi) is 6.38. The Morgan fingerprint density at radius 1 is 1.10 bits per heavy atom. The predicted octanol–water partition coefficient (Wildman–Crippen LogP) is 4.22. The Labute approximate surface area is 184 Å². The van der Waals surface area contributed by atoms with E-state index < -0.39 is 0 Å². The third-order valence-electron chi connectivity index (χ3n) is 4.82. The molecule has 9 nitrogen and oxygen atoms in total. The van der Waals surface area contributed by atoms with Crippen molar-refractivity contribution >= 4 is 11.8 Å². The molecule has 3 aromatic heterocycles. The summed E-state index contributed by atoms with van der Waals surface area (Å²) >= 11 is 1.49. The number of aromatic nitrogens is 5. The Hall–Kier alpha value is -3.11. The zero-order chi connectivity index (χ0) is 21.8. The van der Waals surface area contributed by atoms with Crippen LogP contribution in [0.4, 0.5) is 0 Å². The van der Waals surface area contributed by atoms with Crippen molar-refractivity contribution in [3.63, 3.8) is 0 Å². The maximum atomic E-state index is 5.72. The van der Waals surface area contributed by atoms with E-state index in [-0.39, 0.29) is 6.04 Å². The Morgan fingerprint density at radius 2 is 1.90 bits per heavy atom. The van der Waals surface area contributed by atoms with Crippen LogP contribution in [0.15, 0.2) is 56.7 Å². The van der Waals surface area contributed by atoms with E-state index in [1.807, 2.05) is 38.4 Å². The maximum absolute atomic E-state index is 5.72. The van der Waals surface area contributed by atoms with E-state index in [0.29, 0.717) is 23.3 Å². The number of thioether (sulfide) groups is 1. The number of nitrogens with zero attached hydrogens (tertiary/aromatic N) is 6. The third-order valence-corrected chi connectivity index (χ3v) is 5.73. The minimum absolute atomic E-state index is 0.123. The van der Waals surface area contributed by atoms with E-state index in [9.17, 15) is 0 Å². The van der Waals surface area contributed by atoms with Crippen molar-refractivity contribution in [2.24, 2.45) is 0 Å². The fourth-order valence-electron chi connectivity index (χ4n) is 3.28. The molecule has 0 saturated heterocycles. The lowest BCUT2D eigenvalue weighted by Gasteiger charge is -2.23. The molecule has 3 heterocycles. The number of furan rings is 1. The van der Waals surface area contributed by atoms with E-state index in [2.05, 4.69) is 36.8 Å². The first-order valence-electron chi connectivity index (χ1n) is 9.86. The Morgan fingerprint density at radius 3 is 2.55 bits per heavy atom. The Bertz CT molecular complexity index is 1100. The lowest BCUT2D eigenvalue weighted by Crippen LogP contribution is -2.22. The molecule has 0 aliphatic rings. The first-order valence-corrected chi connectivity index (χ1v) is 10.8. The molecular weight excluding hydrogens is 416 g/mol. The number of rotatable bonds is 9. The van der Waals surface area contributed by atoms with E-state index in [1.165, 1.54) is 11.8 Å². The molecule has 0 aliphatic heterocycles. The molecule has 4 rings (SSSR count). The number of ether oxygens (including phenoxy) is 1. The van der Waals surface area contributed by atoms with Crippen LogP contribution < -0.4 is 4.74 Å². The molecule has 0 fully saturated rings. The molecule has 0 spiro atoms. The van der Waals surface area contributed by atoms with Crippen molar-refractivity contribution in [1.29, 1.82) is 0 Å². The van der Waals surface area contributed by atoms with Crippen LogP contribution in [-0.4, -0.2) is 51.1 Å². The van der Waals surface area contributed by atoms with Crippen LogP contribution in [0.2, 0.25) is 0 Å². The molecule has 0 saturated carbocycles. The zero-order valence-corrected chi connectivity index (χ0v) is 18.7. The first-order chi connectivity index (χ1) is 15.1. The second-order valence-electron chi connectivity index (χ2n) is 7.03. The van der Waals surface area contributed by atoms with Crippen LogP contribution in [0.3, 0.4) is 0 Å². The molecule has 162 valence electrons. The summed E-state index contributed by atoms with van der Waals surface area (Å²) in [6.45, 7) is 2.14. The van der Waals surface area contributed by atoms with Gasteiger partial charge in [0.2, 0.25) is 5.89 Å². The van der Waals surface area contributed by atoms with Crippen molar-refractivity contribution in [2.45, 2.75) is 30.3 Å². The molecule has 1 atom stereocenters. The molecule has 0 radical (unpaired) electrons. The predicted molar refractivity (Wildman–Crippen MR) is 116 cm³/mol. The summed E-state index contributed by atoms with van der Waals surface area (Å²) in [6, 6.07) is 11.5. The van der Waals surface area contributed by atoms with Gasteiger partial charge < -0.3 is 13.6 Å². The van der Waals surface area contributed by atoms with Gasteiger partial charge in [0.25, 0.3) is 5.89 Å². The molecule has 1 aromatic carbocycles. The van der Waals surface area contributed by atoms with Gasteiger partial charge in [0.15, 0.2) is 16.7 Å². The number of methoxy groups -OCH3 is 1. The van der Waals surface area contributed by atoms with Crippen LogP contribution >= 0.6 is 11.8 Å². The lowest BCUT2D eigenvalue weighted by atomic mass is 10.2. The van der Waals surface area contributed by atoms with Gasteiger partial charge in [-0.05, 0) is 56.9 Å². The van der Waals surface area contributed by atoms with Crippen LogP contribution in [0.25, 0.3) is 17.3 Å². The molecule has 0 N–H and O–H groups in total. The van der Waals surface area contributed by atoms with Gasteiger partial charge in [0.1, 0.15) is 5.75 Å². The fraction of sp³-hybridized carbons (Fsp3) is 0.333. The highest BCUT2D eigenvalue weighted by atomic mass is 32.2. The molecule has 0 bridgehead atoms. The average molecular weight is 441 g/mol. The molecule has 31 heavy (non-hydrogen) atoms. The van der Waals surface area contributed by atoms with Crippen molar-refractivity contribution < 1.29 is 13.6 Å². The van der Waals surface area contributed by atoms with Gasteiger partial charge in [-0.2, -0.15) is 0 Å². The Balaban J connectivity index is 1.63. The molecule has 0 amide bonds. The highest BCUT2D eigenvalue weighted by Gasteiger charge is 2.23. The quantitative estimate of drug-likeness (QED) is 0.354. The van der Waals surface area contributed by atoms with Gasteiger partial charge in [-0.25, -0.2) is 0 Å². The third kappa shape index (κ3) is 4.49. The second-order valence-corrected chi connectivity index (χ2v) is 7.97. The molecule has 4 aromatic rings. The van der Waals surface area contributed by atoms with Gasteiger partial charge in [0, 0.05) is 5.69 Å². The minimum atomic E-state index is 0.123. The number of benzene rings is 1. The van der Waals surface area contributed by atoms with Crippen LogP contribution in [0.1, 0.15) is 31.1 Å². The van der Waals surface area contributed by atoms with Gasteiger partial charge in [-0.15, -0.1) is 20.4 Å². The summed E-state index contributed by atoms with van der Waals surface area (Å²) < 4.78 is 18.4. The summed E-state index contributed by atoms with van der Waals surface area (Å²) in [5.74, 6) is 3.52. The van der Waals surface area contributed by atoms with Gasteiger partial charge in [0.05, 0.1) is 25.2 Å². The largest absolute Gasteiger partial charge is 0.497 e. The standard InChI is InChI=1S/C21H24N6O3S/c1-5-16(26(2)3)19-23-25-21(27(19)14-8-10-15(28-4)11-9-14)31-13-18-22-24-20(30-18)17-7-6-12-29-17/h6-12,16H,5,13H2,1-4H3. The SMILES string of the molecule is CCC(c1nnc(SCc2nnc(-c3ccco3)o2)n1-c1ccc(OC)cc1)N(C)C. The highest BCUT2D eigenvalue weighted by molar-refractivity contribution is 7.98. The monoisotopic (exact) mass is 440 g/mol. The highest BCUT2D eigenvalue weighted by Crippen LogP contribution is 2.31. The van der Waals surface area contributed by atoms with Gasteiger partial charge in [-0.3, -0.25) is 9.47 Å². The normalized spacial score (nSPS) is 12.4. The number of hydrogen-bond acceptors (Lipinski definition) is 9. The molecule has 0 aliphatic carbocycles. The maximum Gasteiger partial charge on any atom is 0.283 e. The van der Waals surface area contributed by atoms with Gasteiger partial charge in [-0.1, -0.05) is 18.7 Å². The summed E-state index contributed by atoms with van der Waals surface area (Å²) in [6.07, 6.45) is 2.48. The van der Waals surface area contributed by atoms with E-state index in [0.717, 1.165) is 28.8 Å². The van der Waals surface area contributed by atoms with E-state index >= 15 is 0 Å². The van der Waals surface area contributed by atoms with Crippen molar-refractivity contribution in [2.75, 3.05) is 21.2 Å². The topological polar surface area (TPSA) is 95.2 Å². The lowest BCUT2D eigenvalue weighted by molar-refractivity contribution is 0.276. The summed E-state index contributed by atoms with van der Waals surface area (Å²) in [4.78, 5) is 2.14. The number of hydrogen-bond donors (Lipinski definition) is 0. The smallest absolute Gasteiger partial charge is 0.283 e. The minimum Gasteiger partial charge on any atom is -0.497 e. The van der Waals surface area contributed by atoms with E-state index in [1.54, 1.807) is 25.5 Å². The molecule has 10 heteroatoms. The van der Waals surface area contributed by atoms with Crippen molar-refractivity contribution in [3.05, 3.63) is 54.4 Å². The summed E-state index contributed by atoms with van der Waals surface area (Å²) in [5.41, 5.74) is 0.963. The molecular formula is C21H24N6O3S. The summed E-state index contributed by atoms with van der Waals surface area (Å²) in [7, 11) is 5.74. The molecule has 1 unspecified atom stereocenters. The van der Waals surface area contributed by atoms with Gasteiger partial charge >= 0.3 is 0 Å². The zero-order valence-electron chi connectivity index (χ0n) is 17.8. The average Bonchev–Trinajstić information content (AvgIpc) is 3.53. The van der Waals surface area contributed by atoms with Crippen molar-refractivity contribution in [1.82, 2.24) is 29.9 Å². The van der Waals surface area contributed by atoms with Crippen LogP contribution in [-0.2, 0) is 5.75 Å². The van der Waals surface area contributed by atoms with E-state index in [4.69, 9.17) is 13.6 Å². The summed E-state index contributed by atoms with van der Waals surface area (Å²) in [5, 5.41) is 17.9.